The highest BCUT2D eigenvalue weighted by Gasteiger charge is 2.30. The van der Waals surface area contributed by atoms with Gasteiger partial charge in [0.25, 0.3) is 0 Å². The van der Waals surface area contributed by atoms with E-state index in [4.69, 9.17) is 37.0 Å². The van der Waals surface area contributed by atoms with E-state index >= 15 is 0 Å². The van der Waals surface area contributed by atoms with Gasteiger partial charge < -0.3 is 33.8 Å². The Morgan fingerprint density at radius 2 is 0.490 bits per heavy atom. The van der Waals surface area contributed by atoms with Crippen molar-refractivity contribution in [3.8, 4) is 0 Å². The van der Waals surface area contributed by atoms with Crippen LogP contribution in [0.3, 0.4) is 0 Å². The molecule has 0 heterocycles. The third-order valence-electron chi connectivity index (χ3n) is 20.3. The Morgan fingerprint density at radius 3 is 0.731 bits per heavy atom. The lowest BCUT2D eigenvalue weighted by Crippen LogP contribution is -2.30. The number of phosphoric ester groups is 2. The second kappa shape index (κ2) is 76.4. The first kappa shape index (κ1) is 102. The number of carbonyl (C=O) groups is 4. The monoisotopic (exact) mass is 1520 g/mol. The molecule has 3 unspecified atom stereocenters. The molecule has 0 radical (unpaired) electrons. The first-order valence-electron chi connectivity index (χ1n) is 44.0. The minimum Gasteiger partial charge on any atom is -0.462 e. The normalized spacial score (nSPS) is 14.1. The predicted octanol–water partition coefficient (Wildman–Crippen LogP) is 25.8. The molecule has 0 aromatic rings. The van der Waals surface area contributed by atoms with Crippen LogP contribution in [0.1, 0.15) is 452 Å². The van der Waals surface area contributed by atoms with Crippen molar-refractivity contribution in [3.05, 3.63) is 0 Å². The molecule has 0 aliphatic carbocycles. The number of ether oxygens (including phenoxy) is 4. The van der Waals surface area contributed by atoms with Crippen LogP contribution < -0.4 is 0 Å². The van der Waals surface area contributed by atoms with E-state index in [-0.39, 0.29) is 25.7 Å². The number of rotatable bonds is 84. The number of aliphatic hydroxyl groups excluding tert-OH is 1. The van der Waals surface area contributed by atoms with Crippen LogP contribution in [0.25, 0.3) is 0 Å². The summed E-state index contributed by atoms with van der Waals surface area (Å²) >= 11 is 0. The van der Waals surface area contributed by atoms with E-state index in [9.17, 15) is 43.2 Å². The number of carbonyl (C=O) groups excluding carboxylic acids is 4. The number of unbranched alkanes of at least 4 members (excludes halogenated alkanes) is 53. The molecule has 0 bridgehead atoms. The maximum atomic E-state index is 13.1. The Hall–Kier alpha value is -1.94. The Balaban J connectivity index is 5.23. The molecule has 6 atom stereocenters. The molecule has 0 saturated carbocycles. The number of hydrogen-bond acceptors (Lipinski definition) is 15. The van der Waals surface area contributed by atoms with E-state index < -0.39 is 97.5 Å². The molecule has 0 aliphatic heterocycles. The van der Waals surface area contributed by atoms with Gasteiger partial charge in [-0.05, 0) is 37.5 Å². The second-order valence-corrected chi connectivity index (χ2v) is 34.2. The molecule has 0 saturated heterocycles. The van der Waals surface area contributed by atoms with Gasteiger partial charge >= 0.3 is 39.5 Å². The largest absolute Gasteiger partial charge is 0.472 e. The van der Waals surface area contributed by atoms with Crippen molar-refractivity contribution in [2.75, 3.05) is 39.6 Å². The summed E-state index contributed by atoms with van der Waals surface area (Å²) in [5.74, 6) is -0.574. The van der Waals surface area contributed by atoms with E-state index in [1.807, 2.05) is 0 Å². The van der Waals surface area contributed by atoms with Crippen LogP contribution in [0.5, 0.6) is 0 Å². The van der Waals surface area contributed by atoms with Crippen LogP contribution >= 0.6 is 15.6 Å². The lowest BCUT2D eigenvalue weighted by Gasteiger charge is -2.21. The maximum absolute atomic E-state index is 13.1. The summed E-state index contributed by atoms with van der Waals surface area (Å²) in [6.45, 7) is 9.65. The van der Waals surface area contributed by atoms with Crippen molar-refractivity contribution in [1.29, 1.82) is 0 Å². The van der Waals surface area contributed by atoms with Crippen molar-refractivity contribution >= 4 is 39.5 Å². The van der Waals surface area contributed by atoms with Gasteiger partial charge in [-0.3, -0.25) is 37.3 Å². The average molecular weight is 1520 g/mol. The van der Waals surface area contributed by atoms with Gasteiger partial charge in [0.2, 0.25) is 0 Å². The Labute approximate surface area is 638 Å². The van der Waals surface area contributed by atoms with Gasteiger partial charge in [-0.15, -0.1) is 0 Å². The summed E-state index contributed by atoms with van der Waals surface area (Å²) < 4.78 is 68.9. The molecular weight excluding hydrogens is 1350 g/mol. The molecule has 17 nitrogen and oxygen atoms in total. The Kier molecular flexibility index (Phi) is 75.0. The zero-order chi connectivity index (χ0) is 76.4. The zero-order valence-electron chi connectivity index (χ0n) is 68.3. The lowest BCUT2D eigenvalue weighted by atomic mass is 10.00. The van der Waals surface area contributed by atoms with Gasteiger partial charge in [0, 0.05) is 25.7 Å². The van der Waals surface area contributed by atoms with Gasteiger partial charge in [0.05, 0.1) is 26.4 Å². The van der Waals surface area contributed by atoms with E-state index in [1.54, 1.807) is 0 Å². The molecule has 19 heteroatoms. The smallest absolute Gasteiger partial charge is 0.462 e. The molecular formula is C85H166O17P2. The highest BCUT2D eigenvalue weighted by molar-refractivity contribution is 7.47. The van der Waals surface area contributed by atoms with Gasteiger partial charge in [-0.2, -0.15) is 0 Å². The first-order chi connectivity index (χ1) is 50.4. The minimum atomic E-state index is -4.97. The van der Waals surface area contributed by atoms with Gasteiger partial charge in [-0.1, -0.05) is 401 Å². The molecule has 0 spiro atoms. The van der Waals surface area contributed by atoms with Crippen molar-refractivity contribution in [2.24, 2.45) is 11.8 Å². The molecule has 3 N–H and O–H groups in total. The Morgan fingerprint density at radius 1 is 0.279 bits per heavy atom. The van der Waals surface area contributed by atoms with E-state index in [2.05, 4.69) is 41.5 Å². The summed E-state index contributed by atoms with van der Waals surface area (Å²) in [6.07, 6.45) is 68.1. The fourth-order valence-electron chi connectivity index (χ4n) is 13.2. The predicted molar refractivity (Wildman–Crippen MR) is 428 cm³/mol. The topological polar surface area (TPSA) is 237 Å². The van der Waals surface area contributed by atoms with Crippen LogP contribution in [0, 0.1) is 11.8 Å². The van der Waals surface area contributed by atoms with E-state index in [1.165, 1.54) is 263 Å². The molecule has 0 aromatic heterocycles. The van der Waals surface area contributed by atoms with Gasteiger partial charge in [0.15, 0.2) is 12.2 Å². The van der Waals surface area contributed by atoms with Gasteiger partial charge in [0.1, 0.15) is 19.3 Å². The quantitative estimate of drug-likeness (QED) is 0.0222. The fourth-order valence-corrected chi connectivity index (χ4v) is 14.8. The van der Waals surface area contributed by atoms with E-state index in [0.29, 0.717) is 25.7 Å². The van der Waals surface area contributed by atoms with Crippen LogP contribution in [-0.2, 0) is 65.4 Å². The van der Waals surface area contributed by atoms with Crippen LogP contribution in [0.4, 0.5) is 0 Å². The molecule has 0 aliphatic rings. The van der Waals surface area contributed by atoms with Crippen molar-refractivity contribution in [1.82, 2.24) is 0 Å². The maximum Gasteiger partial charge on any atom is 0.472 e. The standard InChI is InChI=1S/C85H166O17P2/c1-7-10-12-14-16-18-20-22-24-26-27-28-29-30-32-38-42-46-50-58-64-69-84(89)101-80(73-95-82(87)67-61-55-48-44-40-36-34-33-35-39-43-47-53-59-65-77(4)5)75-99-103(91,92)97-71-79(86)72-98-104(93,94)100-76-81(74-96-83(88)68-62-56-52-51-54-60-66-78(6)9-3)102-85(90)70-63-57-49-45-41-37-31-25-23-21-19-17-15-13-11-8-2/h77-81,86H,7-76H2,1-6H3,(H,91,92)(H,93,94)/t78?,79-,80-,81-/m1/s1. The molecule has 0 amide bonds. The average Bonchev–Trinajstić information content (AvgIpc) is 0.911. The number of esters is 4. The van der Waals surface area contributed by atoms with Crippen molar-refractivity contribution in [2.45, 2.75) is 471 Å². The molecule has 0 rings (SSSR count). The third kappa shape index (κ3) is 76.8. The summed E-state index contributed by atoms with van der Waals surface area (Å²) in [6, 6.07) is 0. The van der Waals surface area contributed by atoms with Crippen LogP contribution in [-0.4, -0.2) is 96.7 Å². The summed E-state index contributed by atoms with van der Waals surface area (Å²) in [7, 11) is -9.93. The molecule has 0 fully saturated rings. The first-order valence-corrected chi connectivity index (χ1v) is 47.0. The van der Waals surface area contributed by atoms with Crippen LogP contribution in [0.2, 0.25) is 0 Å². The fraction of sp³-hybridized carbons (Fsp3) is 0.953. The van der Waals surface area contributed by atoms with E-state index in [0.717, 1.165) is 108 Å². The SMILES string of the molecule is CCCCCCCCCCCCCCCCCCCCCCCC(=O)O[C@H](COC(=O)CCCCCCCCCCCCCCCCC(C)C)COP(=O)(O)OC[C@@H](O)COP(=O)(O)OC[C@@H](COC(=O)CCCCCCCCC(C)CC)OC(=O)CCCCCCCCCCCCCCCCCC. The lowest BCUT2D eigenvalue weighted by molar-refractivity contribution is -0.161. The third-order valence-corrected chi connectivity index (χ3v) is 22.2. The highest BCUT2D eigenvalue weighted by atomic mass is 31.2. The summed E-state index contributed by atoms with van der Waals surface area (Å²) in [5, 5.41) is 10.7. The number of phosphoric acid groups is 2. The van der Waals surface area contributed by atoms with Crippen molar-refractivity contribution < 1.29 is 80.2 Å². The van der Waals surface area contributed by atoms with Gasteiger partial charge in [-0.25, -0.2) is 9.13 Å². The molecule has 104 heavy (non-hydrogen) atoms. The highest BCUT2D eigenvalue weighted by Crippen LogP contribution is 2.45. The number of hydrogen-bond donors (Lipinski definition) is 3. The summed E-state index contributed by atoms with van der Waals surface area (Å²) in [5.41, 5.74) is 0. The molecule has 0 aromatic carbocycles. The summed E-state index contributed by atoms with van der Waals surface area (Å²) in [4.78, 5) is 73.2. The minimum absolute atomic E-state index is 0.108. The number of aliphatic hydroxyl groups is 1. The second-order valence-electron chi connectivity index (χ2n) is 31.3. The van der Waals surface area contributed by atoms with Crippen LogP contribution in [0.15, 0.2) is 0 Å². The molecule has 618 valence electrons. The zero-order valence-corrected chi connectivity index (χ0v) is 70.1. The van der Waals surface area contributed by atoms with Crippen molar-refractivity contribution in [3.63, 3.8) is 0 Å². The Bertz CT molecular complexity index is 2000.